The van der Waals surface area contributed by atoms with Crippen LogP contribution < -0.4 is 14.8 Å². The molecule has 0 fully saturated rings. The maximum absolute atomic E-state index is 12.0. The molecular weight excluding hydrogens is 356 g/mol. The van der Waals surface area contributed by atoms with Gasteiger partial charge in [0, 0.05) is 29.7 Å². The van der Waals surface area contributed by atoms with Crippen molar-refractivity contribution in [2.24, 2.45) is 0 Å². The number of nitriles is 1. The van der Waals surface area contributed by atoms with Gasteiger partial charge in [0.25, 0.3) is 0 Å². The van der Waals surface area contributed by atoms with Gasteiger partial charge in [0.2, 0.25) is 5.91 Å². The zero-order valence-electron chi connectivity index (χ0n) is 15.2. The molecule has 0 saturated heterocycles. The van der Waals surface area contributed by atoms with Crippen LogP contribution in [0.2, 0.25) is 0 Å². The van der Waals surface area contributed by atoms with Crippen molar-refractivity contribution in [3.05, 3.63) is 70.9 Å². The SMILES string of the molecule is COc1cc(C2CC(=O)Nc3n[nH]cc32)ccc1OCc1ccccc1C#N. The number of amides is 1. The number of hydrogen-bond acceptors (Lipinski definition) is 5. The Morgan fingerprint density at radius 3 is 2.93 bits per heavy atom. The molecule has 140 valence electrons. The summed E-state index contributed by atoms with van der Waals surface area (Å²) in [5.74, 6) is 1.53. The van der Waals surface area contributed by atoms with Crippen LogP contribution in [0.3, 0.4) is 0 Å². The molecule has 0 radical (unpaired) electrons. The van der Waals surface area contributed by atoms with Crippen molar-refractivity contribution in [2.75, 3.05) is 12.4 Å². The molecule has 7 heteroatoms. The minimum Gasteiger partial charge on any atom is -0.493 e. The van der Waals surface area contributed by atoms with Crippen LogP contribution >= 0.6 is 0 Å². The molecule has 2 N–H and O–H groups in total. The molecule has 1 amide bonds. The van der Waals surface area contributed by atoms with Crippen molar-refractivity contribution in [1.29, 1.82) is 5.26 Å². The van der Waals surface area contributed by atoms with Gasteiger partial charge in [-0.25, -0.2) is 0 Å². The van der Waals surface area contributed by atoms with E-state index in [1.807, 2.05) is 36.4 Å². The number of hydrogen-bond donors (Lipinski definition) is 2. The van der Waals surface area contributed by atoms with E-state index in [1.165, 1.54) is 0 Å². The molecule has 3 aromatic rings. The van der Waals surface area contributed by atoms with Crippen LogP contribution in [0, 0.1) is 11.3 Å². The van der Waals surface area contributed by atoms with E-state index >= 15 is 0 Å². The van der Waals surface area contributed by atoms with Gasteiger partial charge >= 0.3 is 0 Å². The molecule has 4 rings (SSSR count). The standard InChI is InChI=1S/C21H18N4O3/c1-27-19-8-13(16-9-20(26)24-21-17(16)11-23-25-21)6-7-18(19)28-12-15-5-3-2-4-14(15)10-22/h2-8,11,16H,9,12H2,1H3,(H2,23,24,25,26). The lowest BCUT2D eigenvalue weighted by molar-refractivity contribution is -0.116. The number of nitrogens with one attached hydrogen (secondary N) is 2. The van der Waals surface area contributed by atoms with Gasteiger partial charge in [-0.3, -0.25) is 9.89 Å². The number of ether oxygens (including phenoxy) is 2. The number of aromatic amines is 1. The van der Waals surface area contributed by atoms with Crippen LogP contribution in [0.15, 0.2) is 48.7 Å². The van der Waals surface area contributed by atoms with E-state index in [9.17, 15) is 10.1 Å². The van der Waals surface area contributed by atoms with E-state index in [0.717, 1.165) is 16.7 Å². The smallest absolute Gasteiger partial charge is 0.226 e. The molecule has 1 unspecified atom stereocenters. The Morgan fingerprint density at radius 2 is 2.11 bits per heavy atom. The van der Waals surface area contributed by atoms with E-state index in [2.05, 4.69) is 21.6 Å². The number of rotatable bonds is 5. The third kappa shape index (κ3) is 3.28. The molecule has 2 heterocycles. The first-order valence-electron chi connectivity index (χ1n) is 8.82. The van der Waals surface area contributed by atoms with Gasteiger partial charge in [-0.2, -0.15) is 10.4 Å². The molecular formula is C21H18N4O3. The van der Waals surface area contributed by atoms with Crippen molar-refractivity contribution in [1.82, 2.24) is 10.2 Å². The van der Waals surface area contributed by atoms with Crippen LogP contribution in [0.25, 0.3) is 0 Å². The third-order valence-corrected chi connectivity index (χ3v) is 4.80. The van der Waals surface area contributed by atoms with E-state index in [0.29, 0.717) is 29.3 Å². The Bertz CT molecular complexity index is 1070. The molecule has 1 aliphatic heterocycles. The maximum atomic E-state index is 12.0. The predicted molar refractivity (Wildman–Crippen MR) is 102 cm³/mol. The van der Waals surface area contributed by atoms with E-state index in [4.69, 9.17) is 9.47 Å². The van der Waals surface area contributed by atoms with Crippen molar-refractivity contribution >= 4 is 11.7 Å². The summed E-state index contributed by atoms with van der Waals surface area (Å²) in [5.41, 5.74) is 3.28. The number of methoxy groups -OCH3 is 1. The first-order chi connectivity index (χ1) is 13.7. The van der Waals surface area contributed by atoms with Crippen LogP contribution in [0.1, 0.15) is 34.6 Å². The van der Waals surface area contributed by atoms with Gasteiger partial charge in [-0.15, -0.1) is 0 Å². The summed E-state index contributed by atoms with van der Waals surface area (Å²) in [5, 5.41) is 18.9. The average molecular weight is 374 g/mol. The molecule has 1 aromatic heterocycles. The Morgan fingerprint density at radius 1 is 1.25 bits per heavy atom. The number of fused-ring (bicyclic) bond motifs is 1. The van der Waals surface area contributed by atoms with Crippen LogP contribution in [-0.2, 0) is 11.4 Å². The third-order valence-electron chi connectivity index (χ3n) is 4.80. The fourth-order valence-electron chi connectivity index (χ4n) is 3.37. The quantitative estimate of drug-likeness (QED) is 0.713. The second-order valence-electron chi connectivity index (χ2n) is 6.46. The van der Waals surface area contributed by atoms with Crippen LogP contribution in [-0.4, -0.2) is 23.2 Å². The second-order valence-corrected chi connectivity index (χ2v) is 6.46. The number of carbonyl (C=O) groups excluding carboxylic acids is 1. The summed E-state index contributed by atoms with van der Waals surface area (Å²) in [4.78, 5) is 12.0. The van der Waals surface area contributed by atoms with Gasteiger partial charge in [0.15, 0.2) is 17.3 Å². The lowest BCUT2D eigenvalue weighted by atomic mass is 9.87. The van der Waals surface area contributed by atoms with Crippen molar-refractivity contribution < 1.29 is 14.3 Å². The Hall–Kier alpha value is -3.79. The van der Waals surface area contributed by atoms with Crippen molar-refractivity contribution in [3.8, 4) is 17.6 Å². The summed E-state index contributed by atoms with van der Waals surface area (Å²) < 4.78 is 11.4. The fourth-order valence-corrected chi connectivity index (χ4v) is 3.37. The number of carbonyl (C=O) groups is 1. The highest BCUT2D eigenvalue weighted by atomic mass is 16.5. The highest BCUT2D eigenvalue weighted by Gasteiger charge is 2.29. The second kappa shape index (κ2) is 7.45. The van der Waals surface area contributed by atoms with E-state index in [1.54, 1.807) is 19.4 Å². The Kier molecular flexibility index (Phi) is 4.68. The molecule has 7 nitrogen and oxygen atoms in total. The first-order valence-corrected chi connectivity index (χ1v) is 8.82. The Labute approximate surface area is 161 Å². The number of H-pyrrole nitrogens is 1. The molecule has 1 aliphatic rings. The largest absolute Gasteiger partial charge is 0.493 e. The summed E-state index contributed by atoms with van der Waals surface area (Å²) in [6.45, 7) is 0.261. The van der Waals surface area contributed by atoms with Gasteiger partial charge in [0.1, 0.15) is 6.61 Å². The lowest BCUT2D eigenvalue weighted by Crippen LogP contribution is -2.23. The molecule has 2 aromatic carbocycles. The number of anilines is 1. The highest BCUT2D eigenvalue weighted by molar-refractivity contribution is 5.94. The Balaban J connectivity index is 1.59. The molecule has 1 atom stereocenters. The lowest BCUT2D eigenvalue weighted by Gasteiger charge is -2.23. The summed E-state index contributed by atoms with van der Waals surface area (Å²) in [6, 6.07) is 15.1. The molecule has 0 bridgehead atoms. The van der Waals surface area contributed by atoms with E-state index < -0.39 is 0 Å². The van der Waals surface area contributed by atoms with Gasteiger partial charge in [-0.1, -0.05) is 24.3 Å². The fraction of sp³-hybridized carbons (Fsp3) is 0.190. The number of aromatic nitrogens is 2. The normalized spacial score (nSPS) is 15.3. The number of nitrogens with zero attached hydrogens (tertiary/aromatic N) is 2. The summed E-state index contributed by atoms with van der Waals surface area (Å²) in [6.07, 6.45) is 2.14. The average Bonchev–Trinajstić information content (AvgIpc) is 3.20. The first kappa shape index (κ1) is 17.6. The molecule has 0 aliphatic carbocycles. The van der Waals surface area contributed by atoms with Gasteiger partial charge < -0.3 is 14.8 Å². The van der Waals surface area contributed by atoms with Gasteiger partial charge in [-0.05, 0) is 23.8 Å². The van der Waals surface area contributed by atoms with Crippen LogP contribution in [0.4, 0.5) is 5.82 Å². The zero-order chi connectivity index (χ0) is 19.5. The molecule has 0 saturated carbocycles. The van der Waals surface area contributed by atoms with Crippen LogP contribution in [0.5, 0.6) is 11.5 Å². The minimum atomic E-state index is -0.107. The summed E-state index contributed by atoms with van der Waals surface area (Å²) in [7, 11) is 1.58. The van der Waals surface area contributed by atoms with Crippen molar-refractivity contribution in [2.45, 2.75) is 18.9 Å². The monoisotopic (exact) mass is 374 g/mol. The van der Waals surface area contributed by atoms with Crippen molar-refractivity contribution in [3.63, 3.8) is 0 Å². The highest BCUT2D eigenvalue weighted by Crippen LogP contribution is 2.39. The molecule has 0 spiro atoms. The molecule has 28 heavy (non-hydrogen) atoms. The zero-order valence-corrected chi connectivity index (χ0v) is 15.2. The van der Waals surface area contributed by atoms with E-state index in [-0.39, 0.29) is 18.4 Å². The maximum Gasteiger partial charge on any atom is 0.226 e. The number of benzene rings is 2. The topological polar surface area (TPSA) is 100 Å². The summed E-state index contributed by atoms with van der Waals surface area (Å²) >= 11 is 0. The van der Waals surface area contributed by atoms with Gasteiger partial charge in [0.05, 0.1) is 18.7 Å². The predicted octanol–water partition coefficient (Wildman–Crippen LogP) is 3.34. The minimum absolute atomic E-state index is 0.0722.